The maximum Gasteiger partial charge on any atom is 0.160 e. The van der Waals surface area contributed by atoms with Gasteiger partial charge in [-0.2, -0.15) is 0 Å². The maximum absolute atomic E-state index is 5.11. The largest absolute Gasteiger partial charge is 0.254 e. The first-order chi connectivity index (χ1) is 24.7. The summed E-state index contributed by atoms with van der Waals surface area (Å²) in [4.78, 5) is 19.9. The van der Waals surface area contributed by atoms with E-state index in [1.807, 2.05) is 24.4 Å². The van der Waals surface area contributed by atoms with Crippen LogP contribution in [0.4, 0.5) is 0 Å². The van der Waals surface area contributed by atoms with Crippen molar-refractivity contribution in [1.82, 2.24) is 19.9 Å². The first-order valence-electron chi connectivity index (χ1n) is 16.7. The maximum atomic E-state index is 5.11. The lowest BCUT2D eigenvalue weighted by Gasteiger charge is -2.11. The first-order valence-corrected chi connectivity index (χ1v) is 16.7. The monoisotopic (exact) mass is 638 g/mol. The van der Waals surface area contributed by atoms with E-state index in [1.54, 1.807) is 0 Å². The molecule has 234 valence electrons. The summed E-state index contributed by atoms with van der Waals surface area (Å²) in [6.07, 6.45) is 1.82. The molecular weight excluding hydrogens is 609 g/mol. The minimum Gasteiger partial charge on any atom is -0.254 e. The Kier molecular flexibility index (Phi) is 7.45. The zero-order valence-corrected chi connectivity index (χ0v) is 27.1. The predicted molar refractivity (Wildman–Crippen MR) is 205 cm³/mol. The van der Waals surface area contributed by atoms with E-state index in [4.69, 9.17) is 15.0 Å². The van der Waals surface area contributed by atoms with Crippen LogP contribution in [-0.4, -0.2) is 19.9 Å². The average molecular weight is 639 g/mol. The van der Waals surface area contributed by atoms with Gasteiger partial charge in [-0.1, -0.05) is 158 Å². The van der Waals surface area contributed by atoms with Crippen molar-refractivity contribution in [2.24, 2.45) is 0 Å². The van der Waals surface area contributed by atoms with E-state index in [1.165, 1.54) is 22.3 Å². The standard InChI is InChI=1S/C46H30N4/c1-3-8-31(9-4-1)33-13-17-36(18-14-33)42-30-43(37-19-15-34(16-20-37)32-10-5-2-6-11-32)50-46(49-42)40-25-21-35(22-26-40)41-28-27-39-24-23-38-12-7-29-47-44(38)45(39)48-41/h1-30H. The summed E-state index contributed by atoms with van der Waals surface area (Å²) in [6.45, 7) is 0. The number of hydrogen-bond acceptors (Lipinski definition) is 4. The van der Waals surface area contributed by atoms with E-state index >= 15 is 0 Å². The Morgan fingerprint density at radius 2 is 0.720 bits per heavy atom. The van der Waals surface area contributed by atoms with Crippen LogP contribution in [0, 0.1) is 0 Å². The van der Waals surface area contributed by atoms with Crippen LogP contribution in [0.3, 0.4) is 0 Å². The van der Waals surface area contributed by atoms with Crippen molar-refractivity contribution < 1.29 is 0 Å². The van der Waals surface area contributed by atoms with Crippen molar-refractivity contribution in [3.05, 3.63) is 182 Å². The summed E-state index contributed by atoms with van der Waals surface area (Å²) in [5.41, 5.74) is 13.2. The number of hydrogen-bond donors (Lipinski definition) is 0. The molecule has 0 spiro atoms. The average Bonchev–Trinajstić information content (AvgIpc) is 3.21. The Morgan fingerprint density at radius 3 is 1.28 bits per heavy atom. The van der Waals surface area contributed by atoms with E-state index in [0.29, 0.717) is 5.82 Å². The highest BCUT2D eigenvalue weighted by molar-refractivity contribution is 6.03. The Hall–Kier alpha value is -6.78. The van der Waals surface area contributed by atoms with Gasteiger partial charge in [0.2, 0.25) is 0 Å². The Bertz CT molecular complexity index is 2500. The van der Waals surface area contributed by atoms with Crippen LogP contribution >= 0.6 is 0 Å². The van der Waals surface area contributed by atoms with Crippen molar-refractivity contribution >= 4 is 21.8 Å². The fourth-order valence-electron chi connectivity index (χ4n) is 6.47. The molecule has 4 nitrogen and oxygen atoms in total. The number of rotatable bonds is 6. The molecule has 0 amide bonds. The fraction of sp³-hybridized carbons (Fsp3) is 0. The van der Waals surface area contributed by atoms with E-state index < -0.39 is 0 Å². The van der Waals surface area contributed by atoms with Gasteiger partial charge in [-0.3, -0.25) is 4.98 Å². The van der Waals surface area contributed by atoms with Crippen molar-refractivity contribution in [2.45, 2.75) is 0 Å². The molecule has 0 aliphatic heterocycles. The van der Waals surface area contributed by atoms with Crippen molar-refractivity contribution in [3.63, 3.8) is 0 Å². The summed E-state index contributed by atoms with van der Waals surface area (Å²) in [5.74, 6) is 0.671. The van der Waals surface area contributed by atoms with E-state index in [2.05, 4.69) is 163 Å². The van der Waals surface area contributed by atoms with Gasteiger partial charge in [-0.15, -0.1) is 0 Å². The molecule has 9 rings (SSSR count). The minimum atomic E-state index is 0.671. The van der Waals surface area contributed by atoms with Crippen molar-refractivity contribution in [3.8, 4) is 67.4 Å². The highest BCUT2D eigenvalue weighted by atomic mass is 14.9. The Morgan fingerprint density at radius 1 is 0.280 bits per heavy atom. The van der Waals surface area contributed by atoms with Crippen molar-refractivity contribution in [2.75, 3.05) is 0 Å². The molecule has 6 aromatic carbocycles. The van der Waals surface area contributed by atoms with E-state index in [9.17, 15) is 0 Å². The number of benzene rings is 6. The second-order valence-corrected chi connectivity index (χ2v) is 12.3. The zero-order valence-electron chi connectivity index (χ0n) is 27.1. The lowest BCUT2D eigenvalue weighted by Crippen LogP contribution is -1.96. The molecule has 0 unspecified atom stereocenters. The summed E-state index contributed by atoms with van der Waals surface area (Å²) in [7, 11) is 0. The van der Waals surface area contributed by atoms with Crippen LogP contribution in [0.25, 0.3) is 89.2 Å². The normalized spacial score (nSPS) is 11.2. The van der Waals surface area contributed by atoms with Gasteiger partial charge in [0.05, 0.1) is 28.1 Å². The summed E-state index contributed by atoms with van der Waals surface area (Å²) < 4.78 is 0. The van der Waals surface area contributed by atoms with Crippen LogP contribution in [0.1, 0.15) is 0 Å². The van der Waals surface area contributed by atoms with Crippen LogP contribution in [-0.2, 0) is 0 Å². The quantitative estimate of drug-likeness (QED) is 0.170. The molecule has 50 heavy (non-hydrogen) atoms. The number of nitrogens with zero attached hydrogens (tertiary/aromatic N) is 4. The molecule has 0 saturated carbocycles. The van der Waals surface area contributed by atoms with Gasteiger partial charge in [-0.25, -0.2) is 15.0 Å². The second kappa shape index (κ2) is 12.7. The predicted octanol–water partition coefficient (Wildman–Crippen LogP) is 11.6. The molecule has 3 aromatic heterocycles. The molecule has 0 aliphatic carbocycles. The van der Waals surface area contributed by atoms with Gasteiger partial charge in [0.15, 0.2) is 5.82 Å². The third kappa shape index (κ3) is 5.69. The summed E-state index contributed by atoms with van der Waals surface area (Å²) >= 11 is 0. The minimum absolute atomic E-state index is 0.671. The summed E-state index contributed by atoms with van der Waals surface area (Å²) in [5, 5.41) is 2.15. The highest BCUT2D eigenvalue weighted by Crippen LogP contribution is 2.32. The lowest BCUT2D eigenvalue weighted by molar-refractivity contribution is 1.18. The van der Waals surface area contributed by atoms with Crippen molar-refractivity contribution in [1.29, 1.82) is 0 Å². The zero-order chi connectivity index (χ0) is 33.3. The Balaban J connectivity index is 1.10. The SMILES string of the molecule is c1ccc(-c2ccc(-c3cc(-c4ccc(-c5ccccc5)cc4)nc(-c4ccc(-c5ccc6ccc7cccnc7c6n5)cc4)n3)cc2)cc1. The van der Waals surface area contributed by atoms with Gasteiger partial charge in [0.1, 0.15) is 0 Å². The topological polar surface area (TPSA) is 51.6 Å². The van der Waals surface area contributed by atoms with Crippen LogP contribution in [0.5, 0.6) is 0 Å². The molecule has 9 aromatic rings. The smallest absolute Gasteiger partial charge is 0.160 e. The van der Waals surface area contributed by atoms with E-state index in [-0.39, 0.29) is 0 Å². The van der Waals surface area contributed by atoms with Crippen LogP contribution in [0.2, 0.25) is 0 Å². The highest BCUT2D eigenvalue weighted by Gasteiger charge is 2.13. The first kappa shape index (κ1) is 29.4. The molecule has 0 bridgehead atoms. The molecular formula is C46H30N4. The molecule has 0 radical (unpaired) electrons. The summed E-state index contributed by atoms with van der Waals surface area (Å²) in [6, 6.07) is 60.9. The lowest BCUT2D eigenvalue weighted by atomic mass is 10.0. The third-order valence-corrected chi connectivity index (χ3v) is 9.17. The molecule has 0 fully saturated rings. The Labute approximate surface area is 290 Å². The van der Waals surface area contributed by atoms with Gasteiger partial charge >= 0.3 is 0 Å². The van der Waals surface area contributed by atoms with Gasteiger partial charge in [-0.05, 0) is 40.5 Å². The molecule has 0 aliphatic rings. The number of fused-ring (bicyclic) bond motifs is 3. The number of aromatic nitrogens is 4. The van der Waals surface area contributed by atoms with Gasteiger partial charge in [0, 0.05) is 39.2 Å². The van der Waals surface area contributed by atoms with Gasteiger partial charge < -0.3 is 0 Å². The third-order valence-electron chi connectivity index (χ3n) is 9.17. The van der Waals surface area contributed by atoms with E-state index in [0.717, 1.165) is 61.1 Å². The number of pyridine rings is 2. The molecule has 0 atom stereocenters. The molecule has 4 heteroatoms. The van der Waals surface area contributed by atoms with Crippen LogP contribution < -0.4 is 0 Å². The molecule has 0 N–H and O–H groups in total. The van der Waals surface area contributed by atoms with Gasteiger partial charge in [0.25, 0.3) is 0 Å². The molecule has 0 saturated heterocycles. The van der Waals surface area contributed by atoms with Crippen LogP contribution in [0.15, 0.2) is 182 Å². The fourth-order valence-corrected chi connectivity index (χ4v) is 6.47. The molecule has 3 heterocycles. The second-order valence-electron chi connectivity index (χ2n) is 12.3.